The van der Waals surface area contributed by atoms with Crippen LogP contribution in [0.1, 0.15) is 35.4 Å². The van der Waals surface area contributed by atoms with Crippen LogP contribution in [0.4, 0.5) is 0 Å². The first-order valence-electron chi connectivity index (χ1n) is 7.86. The first kappa shape index (κ1) is 14.1. The molecule has 1 spiro atoms. The average Bonchev–Trinajstić information content (AvgIpc) is 3.26. The molecular formula is C18H18N2O3. The monoisotopic (exact) mass is 310 g/mol. The fraction of sp³-hybridized carbons (Fsp3) is 0.333. The number of rotatable bonds is 2. The molecule has 1 amide bonds. The largest absolute Gasteiger partial charge is 0.492 e. The number of nitrogens with zero attached hydrogens (tertiary/aromatic N) is 2. The zero-order valence-electron chi connectivity index (χ0n) is 12.8. The van der Waals surface area contributed by atoms with Crippen molar-refractivity contribution in [2.45, 2.75) is 24.9 Å². The van der Waals surface area contributed by atoms with E-state index in [0.29, 0.717) is 12.3 Å². The molecule has 5 heteroatoms. The van der Waals surface area contributed by atoms with E-state index >= 15 is 0 Å². The highest BCUT2D eigenvalue weighted by molar-refractivity contribution is 5.91. The van der Waals surface area contributed by atoms with Gasteiger partial charge >= 0.3 is 0 Å². The Hall–Kier alpha value is -2.56. The van der Waals surface area contributed by atoms with Crippen LogP contribution < -0.4 is 0 Å². The van der Waals surface area contributed by atoms with Gasteiger partial charge in [-0.1, -0.05) is 0 Å². The van der Waals surface area contributed by atoms with Crippen LogP contribution in [0.2, 0.25) is 0 Å². The summed E-state index contributed by atoms with van der Waals surface area (Å²) in [6, 6.07) is 7.42. The van der Waals surface area contributed by atoms with Crippen LogP contribution in [-0.4, -0.2) is 34.5 Å². The first-order valence-corrected chi connectivity index (χ1v) is 7.86. The summed E-state index contributed by atoms with van der Waals surface area (Å²) in [6.45, 7) is 1.34. The molecule has 0 radical (unpaired) electrons. The molecular weight excluding hydrogens is 292 g/mol. The summed E-state index contributed by atoms with van der Waals surface area (Å²) in [7, 11) is 0. The predicted octanol–water partition coefficient (Wildman–Crippen LogP) is 3.11. The van der Waals surface area contributed by atoms with E-state index in [1.807, 2.05) is 23.3 Å². The third kappa shape index (κ3) is 2.63. The highest BCUT2D eigenvalue weighted by atomic mass is 16.5. The van der Waals surface area contributed by atoms with Gasteiger partial charge in [0.2, 0.25) is 0 Å². The summed E-state index contributed by atoms with van der Waals surface area (Å²) >= 11 is 0. The number of hydrogen-bond acceptors (Lipinski definition) is 4. The summed E-state index contributed by atoms with van der Waals surface area (Å²) in [6.07, 6.45) is 9.66. The van der Waals surface area contributed by atoms with E-state index in [9.17, 15) is 4.79 Å². The van der Waals surface area contributed by atoms with Crippen molar-refractivity contribution in [2.24, 2.45) is 0 Å². The van der Waals surface area contributed by atoms with E-state index in [1.54, 1.807) is 24.5 Å². The lowest BCUT2D eigenvalue weighted by Crippen LogP contribution is -2.50. The molecule has 1 atom stereocenters. The maximum Gasteiger partial charge on any atom is 0.289 e. The average molecular weight is 310 g/mol. The third-order valence-corrected chi connectivity index (χ3v) is 4.57. The van der Waals surface area contributed by atoms with Gasteiger partial charge < -0.3 is 14.1 Å². The molecule has 0 aliphatic carbocycles. The number of hydrogen-bond donors (Lipinski definition) is 0. The Morgan fingerprint density at radius 3 is 2.91 bits per heavy atom. The molecule has 1 saturated heterocycles. The van der Waals surface area contributed by atoms with E-state index in [4.69, 9.17) is 9.15 Å². The van der Waals surface area contributed by atoms with Crippen LogP contribution in [0.3, 0.4) is 0 Å². The summed E-state index contributed by atoms with van der Waals surface area (Å²) < 4.78 is 11.3. The smallest absolute Gasteiger partial charge is 0.289 e. The SMILES string of the molecule is O=C(c1ccco1)N1CCCC2(CC(c3ccncc3)=CO2)C1. The lowest BCUT2D eigenvalue weighted by Gasteiger charge is -2.39. The normalized spacial score (nSPS) is 23.7. The van der Waals surface area contributed by atoms with E-state index < -0.39 is 0 Å². The topological polar surface area (TPSA) is 55.6 Å². The molecule has 1 unspecified atom stereocenters. The standard InChI is InChI=1S/C18H18N2O3/c21-17(16-3-1-10-22-16)20-9-2-6-18(13-20)11-15(12-23-18)14-4-7-19-8-5-14/h1,3-5,7-8,10,12H,2,6,9,11,13H2. The van der Waals surface area contributed by atoms with Gasteiger partial charge in [-0.2, -0.15) is 0 Å². The molecule has 1 fully saturated rings. The Labute approximate surface area is 134 Å². The highest BCUT2D eigenvalue weighted by Gasteiger charge is 2.42. The van der Waals surface area contributed by atoms with Gasteiger partial charge in [0.25, 0.3) is 5.91 Å². The maximum absolute atomic E-state index is 12.5. The number of pyridine rings is 1. The molecule has 2 aliphatic rings. The third-order valence-electron chi connectivity index (χ3n) is 4.57. The van der Waals surface area contributed by atoms with Crippen LogP contribution in [0.25, 0.3) is 5.57 Å². The maximum atomic E-state index is 12.5. The molecule has 2 aromatic heterocycles. The van der Waals surface area contributed by atoms with Crippen molar-refractivity contribution >= 4 is 11.5 Å². The van der Waals surface area contributed by atoms with Crippen molar-refractivity contribution in [3.63, 3.8) is 0 Å². The molecule has 4 heterocycles. The van der Waals surface area contributed by atoms with E-state index in [1.165, 1.54) is 11.8 Å². The predicted molar refractivity (Wildman–Crippen MR) is 84.5 cm³/mol. The lowest BCUT2D eigenvalue weighted by molar-refractivity contribution is -0.0198. The Morgan fingerprint density at radius 1 is 1.26 bits per heavy atom. The Kier molecular flexibility index (Phi) is 3.41. The summed E-state index contributed by atoms with van der Waals surface area (Å²) in [5, 5.41) is 0. The molecule has 0 N–H and O–H groups in total. The van der Waals surface area contributed by atoms with Crippen molar-refractivity contribution in [3.8, 4) is 0 Å². The number of ether oxygens (including phenoxy) is 1. The molecule has 0 aromatic carbocycles. The number of likely N-dealkylation sites (tertiary alicyclic amines) is 1. The van der Waals surface area contributed by atoms with Crippen molar-refractivity contribution in [3.05, 3.63) is 60.5 Å². The van der Waals surface area contributed by atoms with Crippen molar-refractivity contribution in [1.29, 1.82) is 0 Å². The van der Waals surface area contributed by atoms with Gasteiger partial charge in [-0.15, -0.1) is 0 Å². The molecule has 4 rings (SSSR count). The van der Waals surface area contributed by atoms with Crippen molar-refractivity contribution < 1.29 is 13.9 Å². The number of carbonyl (C=O) groups excluding carboxylic acids is 1. The van der Waals surface area contributed by atoms with Crippen LogP contribution in [0.5, 0.6) is 0 Å². The molecule has 118 valence electrons. The summed E-state index contributed by atoms with van der Waals surface area (Å²) in [5.41, 5.74) is 1.99. The Morgan fingerprint density at radius 2 is 2.13 bits per heavy atom. The quantitative estimate of drug-likeness (QED) is 0.855. The second kappa shape index (κ2) is 5.57. The highest BCUT2D eigenvalue weighted by Crippen LogP contribution is 2.40. The second-order valence-electron chi connectivity index (χ2n) is 6.16. The van der Waals surface area contributed by atoms with E-state index in [2.05, 4.69) is 4.98 Å². The van der Waals surface area contributed by atoms with Crippen LogP contribution in [0.15, 0.2) is 53.6 Å². The van der Waals surface area contributed by atoms with Crippen LogP contribution in [-0.2, 0) is 4.74 Å². The van der Waals surface area contributed by atoms with Gasteiger partial charge in [-0.25, -0.2) is 0 Å². The minimum Gasteiger partial charge on any atom is -0.492 e. The van der Waals surface area contributed by atoms with Crippen LogP contribution in [0, 0.1) is 0 Å². The van der Waals surface area contributed by atoms with E-state index in [0.717, 1.165) is 31.4 Å². The van der Waals surface area contributed by atoms with Gasteiger partial charge in [-0.3, -0.25) is 9.78 Å². The van der Waals surface area contributed by atoms with Crippen molar-refractivity contribution in [2.75, 3.05) is 13.1 Å². The van der Waals surface area contributed by atoms with Crippen molar-refractivity contribution in [1.82, 2.24) is 9.88 Å². The number of aromatic nitrogens is 1. The van der Waals surface area contributed by atoms with Gasteiger partial charge in [0.1, 0.15) is 5.60 Å². The Balaban J connectivity index is 1.49. The molecule has 2 aromatic rings. The number of piperidine rings is 1. The summed E-state index contributed by atoms with van der Waals surface area (Å²) in [4.78, 5) is 18.4. The van der Waals surface area contributed by atoms with Gasteiger partial charge in [0, 0.05) is 25.4 Å². The Bertz CT molecular complexity index is 724. The molecule has 5 nitrogen and oxygen atoms in total. The number of amides is 1. The fourth-order valence-corrected chi connectivity index (χ4v) is 3.43. The summed E-state index contributed by atoms with van der Waals surface area (Å²) in [5.74, 6) is 0.331. The minimum atomic E-state index is -0.306. The molecule has 0 bridgehead atoms. The lowest BCUT2D eigenvalue weighted by atomic mass is 9.86. The van der Waals surface area contributed by atoms with Gasteiger partial charge in [0.05, 0.1) is 19.1 Å². The van der Waals surface area contributed by atoms with Gasteiger partial charge in [0.15, 0.2) is 5.76 Å². The minimum absolute atomic E-state index is 0.0602. The van der Waals surface area contributed by atoms with E-state index in [-0.39, 0.29) is 11.5 Å². The number of furan rings is 1. The fourth-order valence-electron chi connectivity index (χ4n) is 3.43. The molecule has 23 heavy (non-hydrogen) atoms. The van der Waals surface area contributed by atoms with Gasteiger partial charge in [-0.05, 0) is 48.2 Å². The zero-order valence-corrected chi connectivity index (χ0v) is 12.8. The molecule has 2 aliphatic heterocycles. The zero-order chi connectivity index (χ0) is 15.7. The van der Waals surface area contributed by atoms with Crippen LogP contribution >= 0.6 is 0 Å². The first-order chi connectivity index (χ1) is 11.3. The number of carbonyl (C=O) groups is 1. The molecule has 0 saturated carbocycles. The second-order valence-corrected chi connectivity index (χ2v) is 6.16.